The van der Waals surface area contributed by atoms with Crippen LogP contribution in [0.5, 0.6) is 0 Å². The summed E-state index contributed by atoms with van der Waals surface area (Å²) in [4.78, 5) is 32.8. The van der Waals surface area contributed by atoms with Gasteiger partial charge >= 0.3 is 0 Å². The minimum atomic E-state index is -0.403. The Balaban J connectivity index is 1.13. The Morgan fingerprint density at radius 3 is 2.62 bits per heavy atom. The van der Waals surface area contributed by atoms with Gasteiger partial charge in [0.25, 0.3) is 11.8 Å². The van der Waals surface area contributed by atoms with Gasteiger partial charge in [0.15, 0.2) is 0 Å². The lowest BCUT2D eigenvalue weighted by atomic mass is 9.94. The second kappa shape index (κ2) is 8.04. The molecule has 3 aromatic rings. The van der Waals surface area contributed by atoms with Crippen molar-refractivity contribution in [3.8, 4) is 0 Å². The number of β-amino-alcohol motifs (C(OH)–C–C–N with tert-alkyl or cyclic N) is 1. The largest absolute Gasteiger partial charge is 0.392 e. The van der Waals surface area contributed by atoms with E-state index >= 15 is 0 Å². The van der Waals surface area contributed by atoms with Crippen molar-refractivity contribution in [3.05, 3.63) is 70.8 Å². The molecule has 7 nitrogen and oxygen atoms in total. The molecule has 1 unspecified atom stereocenters. The Kier molecular flexibility index (Phi) is 4.94. The standard InChI is InChI=1S/C30H32N4O3/c1-18-6-7-19(34-15-20(16-34)33-13-10-21(35)17-33)14-24(18)28(36)31-30(11-12-30)25-8-9-26-27-22(25)4-3-5-23(27)29(37)32(26)2/h3-9,14,20-21,35H,10-13,15-17H2,1-2H3,(H,31,36). The molecule has 37 heavy (non-hydrogen) atoms. The Morgan fingerprint density at radius 1 is 1.08 bits per heavy atom. The Labute approximate surface area is 216 Å². The highest BCUT2D eigenvalue weighted by molar-refractivity contribution is 6.25. The van der Waals surface area contributed by atoms with Gasteiger partial charge in [-0.2, -0.15) is 0 Å². The third kappa shape index (κ3) is 3.48. The zero-order chi connectivity index (χ0) is 25.5. The summed E-state index contributed by atoms with van der Waals surface area (Å²) in [5, 5.41) is 15.3. The molecule has 3 heterocycles. The first-order valence-corrected chi connectivity index (χ1v) is 13.3. The molecule has 1 atom stereocenters. The zero-order valence-corrected chi connectivity index (χ0v) is 21.3. The molecular formula is C30H32N4O3. The summed E-state index contributed by atoms with van der Waals surface area (Å²) in [6.07, 6.45) is 2.43. The Bertz CT molecular complexity index is 1460. The smallest absolute Gasteiger partial charge is 0.258 e. The van der Waals surface area contributed by atoms with Crippen LogP contribution in [0, 0.1) is 6.92 Å². The normalized spacial score (nSPS) is 22.6. The van der Waals surface area contributed by atoms with Gasteiger partial charge in [-0.1, -0.05) is 24.3 Å². The van der Waals surface area contributed by atoms with E-state index in [-0.39, 0.29) is 17.9 Å². The lowest BCUT2D eigenvalue weighted by Crippen LogP contribution is -2.59. The molecule has 0 radical (unpaired) electrons. The van der Waals surface area contributed by atoms with Gasteiger partial charge in [0, 0.05) is 61.5 Å². The van der Waals surface area contributed by atoms with Crippen LogP contribution in [0.3, 0.4) is 0 Å². The summed E-state index contributed by atoms with van der Waals surface area (Å²) in [7, 11) is 1.82. The minimum absolute atomic E-state index is 0.0215. The third-order valence-electron chi connectivity index (χ3n) is 8.94. The van der Waals surface area contributed by atoms with Crippen molar-refractivity contribution in [1.29, 1.82) is 0 Å². The highest BCUT2D eigenvalue weighted by atomic mass is 16.3. The number of anilines is 2. The van der Waals surface area contributed by atoms with Gasteiger partial charge in [0.2, 0.25) is 0 Å². The topological polar surface area (TPSA) is 76.1 Å². The molecule has 1 aliphatic carbocycles. The summed E-state index contributed by atoms with van der Waals surface area (Å²) < 4.78 is 0. The molecule has 0 bridgehead atoms. The molecule has 3 aliphatic heterocycles. The van der Waals surface area contributed by atoms with Crippen LogP contribution in [0.1, 0.15) is 51.1 Å². The predicted molar refractivity (Wildman–Crippen MR) is 144 cm³/mol. The molecule has 0 spiro atoms. The molecule has 0 aromatic heterocycles. The molecule has 190 valence electrons. The maximum Gasteiger partial charge on any atom is 0.258 e. The predicted octanol–water partition coefficient (Wildman–Crippen LogP) is 3.41. The molecular weight excluding hydrogens is 464 g/mol. The van der Waals surface area contributed by atoms with E-state index in [4.69, 9.17) is 0 Å². The summed E-state index contributed by atoms with van der Waals surface area (Å²) in [6, 6.07) is 16.6. The average Bonchev–Trinajstić information content (AvgIpc) is 3.45. The highest BCUT2D eigenvalue weighted by Gasteiger charge is 2.47. The van der Waals surface area contributed by atoms with E-state index in [1.165, 1.54) is 0 Å². The van der Waals surface area contributed by atoms with Crippen LogP contribution in [0.4, 0.5) is 11.4 Å². The summed E-state index contributed by atoms with van der Waals surface area (Å²) in [5.74, 6) is -0.0266. The molecule has 3 aromatic carbocycles. The molecule has 2 N–H and O–H groups in total. The van der Waals surface area contributed by atoms with Crippen molar-refractivity contribution in [2.45, 2.75) is 43.9 Å². The number of likely N-dealkylation sites (tertiary alicyclic amines) is 1. The van der Waals surface area contributed by atoms with Crippen molar-refractivity contribution in [2.75, 3.05) is 43.0 Å². The lowest BCUT2D eigenvalue weighted by molar-refractivity contribution is 0.0929. The lowest BCUT2D eigenvalue weighted by Gasteiger charge is -2.45. The van der Waals surface area contributed by atoms with Gasteiger partial charge in [0.05, 0.1) is 17.3 Å². The van der Waals surface area contributed by atoms with Crippen LogP contribution in [-0.4, -0.2) is 67.2 Å². The van der Waals surface area contributed by atoms with E-state index in [9.17, 15) is 14.7 Å². The number of nitrogens with one attached hydrogen (secondary N) is 1. The number of aliphatic hydroxyl groups excluding tert-OH is 1. The van der Waals surface area contributed by atoms with E-state index in [0.29, 0.717) is 11.6 Å². The molecule has 7 rings (SSSR count). The average molecular weight is 497 g/mol. The summed E-state index contributed by atoms with van der Waals surface area (Å²) in [6.45, 7) is 5.57. The third-order valence-corrected chi connectivity index (χ3v) is 8.94. The fraction of sp³-hybridized carbons (Fsp3) is 0.400. The molecule has 2 amide bonds. The number of aliphatic hydroxyl groups is 1. The van der Waals surface area contributed by atoms with Gasteiger partial charge in [0.1, 0.15) is 0 Å². The quantitative estimate of drug-likeness (QED) is 0.566. The minimum Gasteiger partial charge on any atom is -0.392 e. The van der Waals surface area contributed by atoms with Crippen molar-refractivity contribution >= 4 is 34.0 Å². The number of amides is 2. The van der Waals surface area contributed by atoms with Gasteiger partial charge < -0.3 is 20.2 Å². The number of nitrogens with zero attached hydrogens (tertiary/aromatic N) is 3. The van der Waals surface area contributed by atoms with E-state index in [1.54, 1.807) is 4.90 Å². The second-order valence-corrected chi connectivity index (χ2v) is 11.3. The van der Waals surface area contributed by atoms with Gasteiger partial charge in [-0.15, -0.1) is 0 Å². The fourth-order valence-corrected chi connectivity index (χ4v) is 6.47. The maximum absolute atomic E-state index is 13.6. The number of rotatable bonds is 5. The maximum atomic E-state index is 13.6. The van der Waals surface area contributed by atoms with Crippen LogP contribution in [0.15, 0.2) is 48.5 Å². The molecule has 2 saturated heterocycles. The first kappa shape index (κ1) is 22.8. The van der Waals surface area contributed by atoms with E-state index in [2.05, 4.69) is 33.3 Å². The summed E-state index contributed by atoms with van der Waals surface area (Å²) >= 11 is 0. The number of carbonyl (C=O) groups excluding carboxylic acids is 2. The molecule has 3 fully saturated rings. The van der Waals surface area contributed by atoms with Crippen LogP contribution in [-0.2, 0) is 5.54 Å². The number of aryl methyl sites for hydroxylation is 1. The Hall–Kier alpha value is -3.42. The number of benzene rings is 3. The fourth-order valence-electron chi connectivity index (χ4n) is 6.47. The SMILES string of the molecule is Cc1ccc(N2CC(N3CCC(O)C3)C2)cc1C(=O)NC1(c2ccc3c4c(cccc24)C(=O)N3C)CC1. The van der Waals surface area contributed by atoms with Crippen LogP contribution < -0.4 is 15.1 Å². The van der Waals surface area contributed by atoms with Crippen LogP contribution in [0.2, 0.25) is 0 Å². The number of carbonyl (C=O) groups is 2. The zero-order valence-electron chi connectivity index (χ0n) is 21.3. The summed E-state index contributed by atoms with van der Waals surface area (Å²) in [5.41, 5.74) is 5.11. The van der Waals surface area contributed by atoms with Gasteiger partial charge in [-0.05, 0) is 67.0 Å². The van der Waals surface area contributed by atoms with E-state index in [0.717, 1.165) is 84.3 Å². The first-order chi connectivity index (χ1) is 17.8. The van der Waals surface area contributed by atoms with Crippen molar-refractivity contribution in [3.63, 3.8) is 0 Å². The van der Waals surface area contributed by atoms with Crippen molar-refractivity contribution < 1.29 is 14.7 Å². The van der Waals surface area contributed by atoms with Gasteiger partial charge in [-0.25, -0.2) is 0 Å². The van der Waals surface area contributed by atoms with Crippen molar-refractivity contribution in [2.24, 2.45) is 0 Å². The van der Waals surface area contributed by atoms with Crippen molar-refractivity contribution in [1.82, 2.24) is 10.2 Å². The van der Waals surface area contributed by atoms with Crippen LogP contribution >= 0.6 is 0 Å². The first-order valence-electron chi connectivity index (χ1n) is 13.3. The Morgan fingerprint density at radius 2 is 1.89 bits per heavy atom. The highest BCUT2D eigenvalue weighted by Crippen LogP contribution is 2.50. The number of hydrogen-bond donors (Lipinski definition) is 2. The molecule has 4 aliphatic rings. The monoisotopic (exact) mass is 496 g/mol. The number of hydrogen-bond acceptors (Lipinski definition) is 5. The van der Waals surface area contributed by atoms with E-state index < -0.39 is 5.54 Å². The molecule has 1 saturated carbocycles. The van der Waals surface area contributed by atoms with E-state index in [1.807, 2.05) is 44.3 Å². The molecule has 7 heteroatoms. The van der Waals surface area contributed by atoms with Gasteiger partial charge in [-0.3, -0.25) is 14.5 Å². The second-order valence-electron chi connectivity index (χ2n) is 11.3. The van der Waals surface area contributed by atoms with Crippen LogP contribution in [0.25, 0.3) is 10.8 Å².